The van der Waals surface area contributed by atoms with E-state index < -0.39 is 0 Å². The maximum absolute atomic E-state index is 12.7. The van der Waals surface area contributed by atoms with Crippen LogP contribution >= 0.6 is 11.6 Å². The third-order valence-electron chi connectivity index (χ3n) is 5.09. The van der Waals surface area contributed by atoms with Crippen LogP contribution in [-0.4, -0.2) is 35.8 Å². The average molecular weight is 346 g/mol. The van der Waals surface area contributed by atoms with Gasteiger partial charge in [-0.2, -0.15) is 5.26 Å². The number of nitrogens with one attached hydrogen (secondary N) is 1. The number of hydrogen-bond acceptors (Lipinski definition) is 3. The summed E-state index contributed by atoms with van der Waals surface area (Å²) in [6, 6.07) is 7.11. The summed E-state index contributed by atoms with van der Waals surface area (Å²) in [6.45, 7) is 2.99. The molecule has 1 aromatic rings. The zero-order chi connectivity index (χ0) is 17.3. The van der Waals surface area contributed by atoms with E-state index in [2.05, 4.69) is 5.32 Å². The molecule has 1 atom stereocenters. The van der Waals surface area contributed by atoms with E-state index in [9.17, 15) is 9.59 Å². The highest BCUT2D eigenvalue weighted by molar-refractivity contribution is 6.33. The Hall–Kier alpha value is -2.06. The van der Waals surface area contributed by atoms with Crippen molar-refractivity contribution in [2.45, 2.75) is 32.2 Å². The minimum atomic E-state index is -0.0997. The minimum Gasteiger partial charge on any atom is -0.354 e. The van der Waals surface area contributed by atoms with Crippen LogP contribution in [0.3, 0.4) is 0 Å². The Kier molecular flexibility index (Phi) is 4.77. The van der Waals surface area contributed by atoms with Crippen LogP contribution in [-0.2, 0) is 4.79 Å². The predicted octanol–water partition coefficient (Wildman–Crippen LogP) is 2.59. The maximum atomic E-state index is 12.7. The summed E-state index contributed by atoms with van der Waals surface area (Å²) < 4.78 is 0. The Bertz CT molecular complexity index is 707. The molecule has 1 unspecified atom stereocenters. The number of benzene rings is 1. The molecule has 2 amide bonds. The number of carbonyl (C=O) groups excluding carboxylic acids is 2. The molecule has 126 valence electrons. The first-order chi connectivity index (χ1) is 11.5. The monoisotopic (exact) mass is 345 g/mol. The first kappa shape index (κ1) is 16.8. The van der Waals surface area contributed by atoms with Gasteiger partial charge in [-0.05, 0) is 49.3 Å². The van der Waals surface area contributed by atoms with Crippen molar-refractivity contribution < 1.29 is 9.59 Å². The van der Waals surface area contributed by atoms with Crippen LogP contribution in [0.5, 0.6) is 0 Å². The Labute approximate surface area is 146 Å². The number of rotatable bonds is 3. The van der Waals surface area contributed by atoms with Gasteiger partial charge >= 0.3 is 0 Å². The molecule has 0 bridgehead atoms. The molecule has 3 rings (SSSR count). The third-order valence-corrected chi connectivity index (χ3v) is 5.42. The van der Waals surface area contributed by atoms with Crippen molar-refractivity contribution in [1.82, 2.24) is 10.2 Å². The lowest BCUT2D eigenvalue weighted by Crippen LogP contribution is -2.46. The van der Waals surface area contributed by atoms with Gasteiger partial charge in [0.1, 0.15) is 0 Å². The second kappa shape index (κ2) is 6.82. The van der Waals surface area contributed by atoms with Gasteiger partial charge in [0.05, 0.1) is 22.2 Å². The summed E-state index contributed by atoms with van der Waals surface area (Å²) >= 11 is 6.13. The van der Waals surface area contributed by atoms with Crippen molar-refractivity contribution in [2.24, 2.45) is 11.8 Å². The molecule has 1 aromatic carbocycles. The fraction of sp³-hybridized carbons (Fsp3) is 0.500. The third kappa shape index (κ3) is 3.39. The van der Waals surface area contributed by atoms with Crippen molar-refractivity contribution >= 4 is 23.4 Å². The van der Waals surface area contributed by atoms with E-state index in [1.165, 1.54) is 0 Å². The van der Waals surface area contributed by atoms with E-state index in [0.29, 0.717) is 34.0 Å². The molecule has 1 N–H and O–H groups in total. The number of halogens is 1. The van der Waals surface area contributed by atoms with E-state index in [1.807, 2.05) is 11.0 Å². The van der Waals surface area contributed by atoms with E-state index in [1.54, 1.807) is 25.1 Å². The van der Waals surface area contributed by atoms with Crippen LogP contribution in [0.25, 0.3) is 0 Å². The fourth-order valence-corrected chi connectivity index (χ4v) is 3.94. The van der Waals surface area contributed by atoms with Crippen LogP contribution in [0.4, 0.5) is 0 Å². The minimum absolute atomic E-state index is 0.0219. The molecule has 1 saturated carbocycles. The van der Waals surface area contributed by atoms with Gasteiger partial charge in [0.15, 0.2) is 0 Å². The molecule has 2 aliphatic rings. The van der Waals surface area contributed by atoms with Gasteiger partial charge in [0, 0.05) is 26.1 Å². The standard InChI is InChI=1S/C18H20ClN3O2/c1-11(23)21-15-7-14(8-15)13-4-5-22(10-13)18(24)16-6-12(9-20)2-3-17(16)19/h2-3,6,13-15H,4-5,7-8,10H2,1H3,(H,21,23). The number of carbonyl (C=O) groups is 2. The highest BCUT2D eigenvalue weighted by Crippen LogP contribution is 2.39. The number of amides is 2. The lowest BCUT2D eigenvalue weighted by Gasteiger charge is -2.39. The average Bonchev–Trinajstić information content (AvgIpc) is 2.99. The van der Waals surface area contributed by atoms with Gasteiger partial charge < -0.3 is 10.2 Å². The molecule has 2 fully saturated rings. The van der Waals surface area contributed by atoms with E-state index in [4.69, 9.17) is 16.9 Å². The molecule has 0 aromatic heterocycles. The smallest absolute Gasteiger partial charge is 0.255 e. The fourth-order valence-electron chi connectivity index (χ4n) is 3.74. The molecule has 0 radical (unpaired) electrons. The molecule has 1 heterocycles. The summed E-state index contributed by atoms with van der Waals surface area (Å²) in [5.74, 6) is 0.975. The quantitative estimate of drug-likeness (QED) is 0.915. The van der Waals surface area contributed by atoms with Crippen molar-refractivity contribution in [3.8, 4) is 6.07 Å². The summed E-state index contributed by atoms with van der Waals surface area (Å²) in [4.78, 5) is 25.6. The van der Waals surface area contributed by atoms with Crippen molar-refractivity contribution in [2.75, 3.05) is 13.1 Å². The number of nitriles is 1. The topological polar surface area (TPSA) is 73.2 Å². The van der Waals surface area contributed by atoms with Crippen LogP contribution < -0.4 is 5.32 Å². The first-order valence-corrected chi connectivity index (χ1v) is 8.61. The van der Waals surface area contributed by atoms with Crippen molar-refractivity contribution in [3.63, 3.8) is 0 Å². The highest BCUT2D eigenvalue weighted by atomic mass is 35.5. The normalized spacial score (nSPS) is 25.7. The van der Waals surface area contributed by atoms with Gasteiger partial charge in [-0.3, -0.25) is 9.59 Å². The van der Waals surface area contributed by atoms with Gasteiger partial charge in [0.2, 0.25) is 5.91 Å². The summed E-state index contributed by atoms with van der Waals surface area (Å²) in [5, 5.41) is 12.3. The number of nitrogens with zero attached hydrogens (tertiary/aromatic N) is 2. The first-order valence-electron chi connectivity index (χ1n) is 8.24. The molecule has 0 spiro atoms. The Morgan fingerprint density at radius 3 is 2.75 bits per heavy atom. The largest absolute Gasteiger partial charge is 0.354 e. The SMILES string of the molecule is CC(=O)NC1CC(C2CCN(C(=O)c3cc(C#N)ccc3Cl)C2)C1. The van der Waals surface area contributed by atoms with E-state index in [-0.39, 0.29) is 11.8 Å². The van der Waals surface area contributed by atoms with Crippen molar-refractivity contribution in [3.05, 3.63) is 34.3 Å². The summed E-state index contributed by atoms with van der Waals surface area (Å²) in [7, 11) is 0. The molecular formula is C18H20ClN3O2. The zero-order valence-electron chi connectivity index (χ0n) is 13.6. The Balaban J connectivity index is 1.59. The molecular weight excluding hydrogens is 326 g/mol. The Morgan fingerprint density at radius 1 is 1.33 bits per heavy atom. The van der Waals surface area contributed by atoms with Crippen LogP contribution in [0.2, 0.25) is 5.02 Å². The molecule has 24 heavy (non-hydrogen) atoms. The van der Waals surface area contributed by atoms with E-state index >= 15 is 0 Å². The van der Waals surface area contributed by atoms with Gasteiger partial charge in [-0.15, -0.1) is 0 Å². The molecule has 1 aliphatic heterocycles. The zero-order valence-corrected chi connectivity index (χ0v) is 14.3. The molecule has 1 aliphatic carbocycles. The van der Waals surface area contributed by atoms with Gasteiger partial charge in [0.25, 0.3) is 5.91 Å². The van der Waals surface area contributed by atoms with Crippen LogP contribution in [0, 0.1) is 23.2 Å². The van der Waals surface area contributed by atoms with Crippen LogP contribution in [0.15, 0.2) is 18.2 Å². The van der Waals surface area contributed by atoms with Crippen molar-refractivity contribution in [1.29, 1.82) is 5.26 Å². The molecule has 1 saturated heterocycles. The van der Waals surface area contributed by atoms with Gasteiger partial charge in [-0.25, -0.2) is 0 Å². The summed E-state index contributed by atoms with van der Waals surface area (Å²) in [6.07, 6.45) is 2.98. The highest BCUT2D eigenvalue weighted by Gasteiger charge is 2.39. The van der Waals surface area contributed by atoms with Crippen LogP contribution in [0.1, 0.15) is 42.1 Å². The number of likely N-dealkylation sites (tertiary alicyclic amines) is 1. The maximum Gasteiger partial charge on any atom is 0.255 e. The Morgan fingerprint density at radius 2 is 2.08 bits per heavy atom. The number of hydrogen-bond donors (Lipinski definition) is 1. The van der Waals surface area contributed by atoms with E-state index in [0.717, 1.165) is 32.4 Å². The molecule has 6 heteroatoms. The van der Waals surface area contributed by atoms with Gasteiger partial charge in [-0.1, -0.05) is 11.6 Å². The second-order valence-corrected chi connectivity index (χ2v) is 7.14. The predicted molar refractivity (Wildman–Crippen MR) is 90.5 cm³/mol. The lowest BCUT2D eigenvalue weighted by atomic mass is 9.72. The molecule has 5 nitrogen and oxygen atoms in total. The lowest BCUT2D eigenvalue weighted by molar-refractivity contribution is -0.120. The second-order valence-electron chi connectivity index (χ2n) is 6.74. The summed E-state index contributed by atoms with van der Waals surface area (Å²) in [5.41, 5.74) is 0.844.